The Morgan fingerprint density at radius 2 is 2.42 bits per heavy atom. The van der Waals surface area contributed by atoms with Crippen molar-refractivity contribution in [3.8, 4) is 0 Å². The monoisotopic (exact) mass is 279 g/mol. The normalized spacial score (nSPS) is 32.6. The van der Waals surface area contributed by atoms with Crippen LogP contribution < -0.4 is 0 Å². The third-order valence-electron chi connectivity index (χ3n) is 4.28. The zero-order valence-electron chi connectivity index (χ0n) is 11.3. The highest BCUT2D eigenvalue weighted by Gasteiger charge is 2.42. The van der Waals surface area contributed by atoms with Gasteiger partial charge in [0.2, 0.25) is 0 Å². The highest BCUT2D eigenvalue weighted by molar-refractivity contribution is 7.99. The molecule has 19 heavy (non-hydrogen) atoms. The minimum Gasteiger partial charge on any atom is -0.388 e. The fourth-order valence-electron chi connectivity index (χ4n) is 3.21. The number of thioether (sulfide) groups is 1. The van der Waals surface area contributed by atoms with Crippen molar-refractivity contribution in [3.05, 3.63) is 29.6 Å². The summed E-state index contributed by atoms with van der Waals surface area (Å²) in [6, 6.07) is 2.04. The number of pyridine rings is 1. The number of hydrogen-bond acceptors (Lipinski definition) is 4. The molecule has 0 aromatic carbocycles. The summed E-state index contributed by atoms with van der Waals surface area (Å²) >= 11 is 1.97. The molecule has 2 aliphatic rings. The smallest absolute Gasteiger partial charge is 0.0835 e. The Bertz CT molecular complexity index is 446. The van der Waals surface area contributed by atoms with E-state index < -0.39 is 6.10 Å². The van der Waals surface area contributed by atoms with Crippen molar-refractivity contribution < 1.29 is 9.84 Å². The molecule has 3 nitrogen and oxygen atoms in total. The molecule has 1 N–H and O–H groups in total. The van der Waals surface area contributed by atoms with Gasteiger partial charge in [-0.1, -0.05) is 6.07 Å². The molecule has 2 saturated heterocycles. The van der Waals surface area contributed by atoms with Gasteiger partial charge in [0, 0.05) is 24.8 Å². The summed E-state index contributed by atoms with van der Waals surface area (Å²) in [5.74, 6) is 2.58. The number of ether oxygens (including phenoxy) is 1. The Hall–Kier alpha value is -0.580. The lowest BCUT2D eigenvalue weighted by Crippen LogP contribution is -2.41. The molecule has 2 aliphatic heterocycles. The van der Waals surface area contributed by atoms with Crippen LogP contribution in [-0.4, -0.2) is 33.8 Å². The molecule has 3 unspecified atom stereocenters. The van der Waals surface area contributed by atoms with Crippen molar-refractivity contribution >= 4 is 11.8 Å². The summed E-state index contributed by atoms with van der Waals surface area (Å²) in [5.41, 5.74) is 2.09. The zero-order chi connectivity index (χ0) is 13.3. The van der Waals surface area contributed by atoms with Gasteiger partial charge in [0.1, 0.15) is 0 Å². The zero-order valence-corrected chi connectivity index (χ0v) is 12.2. The van der Waals surface area contributed by atoms with Crippen molar-refractivity contribution in [2.75, 3.05) is 18.1 Å². The Morgan fingerprint density at radius 3 is 3.16 bits per heavy atom. The van der Waals surface area contributed by atoms with Gasteiger partial charge in [-0.05, 0) is 49.0 Å². The summed E-state index contributed by atoms with van der Waals surface area (Å²) in [5, 5.41) is 10.6. The molecular formula is C15H21NO2S. The van der Waals surface area contributed by atoms with Gasteiger partial charge in [0.15, 0.2) is 0 Å². The van der Waals surface area contributed by atoms with E-state index in [9.17, 15) is 5.11 Å². The van der Waals surface area contributed by atoms with E-state index >= 15 is 0 Å². The highest BCUT2D eigenvalue weighted by Crippen LogP contribution is 2.43. The molecule has 0 bridgehead atoms. The van der Waals surface area contributed by atoms with E-state index in [1.54, 1.807) is 6.20 Å². The molecule has 1 spiro atoms. The molecule has 4 heteroatoms. The van der Waals surface area contributed by atoms with E-state index in [1.165, 1.54) is 5.75 Å². The maximum Gasteiger partial charge on any atom is 0.0835 e. The van der Waals surface area contributed by atoms with Gasteiger partial charge in [0.05, 0.1) is 11.7 Å². The number of hydrogen-bond donors (Lipinski definition) is 1. The molecule has 0 radical (unpaired) electrons. The summed E-state index contributed by atoms with van der Waals surface area (Å²) in [6.07, 6.45) is 6.28. The molecule has 3 atom stereocenters. The molecule has 1 aromatic rings. The third kappa shape index (κ3) is 2.81. The first kappa shape index (κ1) is 13.4. The lowest BCUT2D eigenvalue weighted by Gasteiger charge is -2.39. The van der Waals surface area contributed by atoms with Crippen molar-refractivity contribution in [1.29, 1.82) is 0 Å². The largest absolute Gasteiger partial charge is 0.388 e. The topological polar surface area (TPSA) is 42.4 Å². The predicted molar refractivity (Wildman–Crippen MR) is 77.3 cm³/mol. The van der Waals surface area contributed by atoms with Crippen LogP contribution in [-0.2, 0) is 4.74 Å². The number of aryl methyl sites for hydroxylation is 1. The van der Waals surface area contributed by atoms with E-state index in [1.807, 2.05) is 30.9 Å². The van der Waals surface area contributed by atoms with Crippen LogP contribution >= 0.6 is 11.8 Å². The number of aromatic nitrogens is 1. The van der Waals surface area contributed by atoms with Gasteiger partial charge in [-0.25, -0.2) is 0 Å². The van der Waals surface area contributed by atoms with Gasteiger partial charge in [-0.15, -0.1) is 0 Å². The van der Waals surface area contributed by atoms with Crippen LogP contribution in [0.2, 0.25) is 0 Å². The third-order valence-corrected chi connectivity index (χ3v) is 5.51. The van der Waals surface area contributed by atoms with E-state index in [4.69, 9.17) is 4.74 Å². The van der Waals surface area contributed by atoms with Crippen molar-refractivity contribution in [1.82, 2.24) is 4.98 Å². The Morgan fingerprint density at radius 1 is 1.53 bits per heavy atom. The van der Waals surface area contributed by atoms with Crippen molar-refractivity contribution in [2.24, 2.45) is 5.92 Å². The summed E-state index contributed by atoms with van der Waals surface area (Å²) in [7, 11) is 0. The lowest BCUT2D eigenvalue weighted by atomic mass is 9.80. The average molecular weight is 279 g/mol. The molecule has 0 saturated carbocycles. The maximum atomic E-state index is 10.6. The summed E-state index contributed by atoms with van der Waals surface area (Å²) in [4.78, 5) is 4.19. The SMILES string of the molecule is Cc1cncc(C(O)C2CCOC3(CCSC3)C2)c1. The maximum absolute atomic E-state index is 10.6. The molecule has 2 fully saturated rings. The lowest BCUT2D eigenvalue weighted by molar-refractivity contribution is -0.102. The summed E-state index contributed by atoms with van der Waals surface area (Å²) < 4.78 is 6.02. The minimum absolute atomic E-state index is 0.0335. The first-order chi connectivity index (χ1) is 9.19. The first-order valence-electron chi connectivity index (χ1n) is 7.00. The fourth-order valence-corrected chi connectivity index (χ4v) is 4.59. The quantitative estimate of drug-likeness (QED) is 0.904. The second-order valence-corrected chi connectivity index (χ2v) is 6.93. The Balaban J connectivity index is 1.74. The van der Waals surface area contributed by atoms with E-state index in [-0.39, 0.29) is 5.60 Å². The average Bonchev–Trinajstić information content (AvgIpc) is 2.86. The van der Waals surface area contributed by atoms with Gasteiger partial charge in [-0.3, -0.25) is 4.98 Å². The molecule has 3 rings (SSSR count). The number of rotatable bonds is 2. The van der Waals surface area contributed by atoms with Crippen LogP contribution in [0, 0.1) is 12.8 Å². The summed E-state index contributed by atoms with van der Waals surface area (Å²) in [6.45, 7) is 2.80. The second kappa shape index (κ2) is 5.43. The number of aliphatic hydroxyl groups is 1. The minimum atomic E-state index is -0.404. The van der Waals surface area contributed by atoms with E-state index in [2.05, 4.69) is 4.98 Å². The van der Waals surface area contributed by atoms with Crippen LogP contribution in [0.4, 0.5) is 0 Å². The van der Waals surface area contributed by atoms with Crippen LogP contribution in [0.5, 0.6) is 0 Å². The highest BCUT2D eigenvalue weighted by atomic mass is 32.2. The van der Waals surface area contributed by atoms with E-state index in [0.717, 1.165) is 42.7 Å². The van der Waals surface area contributed by atoms with Crippen LogP contribution in [0.3, 0.4) is 0 Å². The molecule has 1 aromatic heterocycles. The van der Waals surface area contributed by atoms with Crippen LogP contribution in [0.15, 0.2) is 18.5 Å². The van der Waals surface area contributed by atoms with Gasteiger partial charge >= 0.3 is 0 Å². The molecule has 0 amide bonds. The van der Waals surface area contributed by atoms with Gasteiger partial charge in [0.25, 0.3) is 0 Å². The fraction of sp³-hybridized carbons (Fsp3) is 0.667. The predicted octanol–water partition coefficient (Wildman–Crippen LogP) is 2.73. The van der Waals surface area contributed by atoms with Gasteiger partial charge < -0.3 is 9.84 Å². The van der Waals surface area contributed by atoms with Crippen LogP contribution in [0.1, 0.15) is 36.5 Å². The van der Waals surface area contributed by atoms with Crippen molar-refractivity contribution in [3.63, 3.8) is 0 Å². The molecule has 3 heterocycles. The second-order valence-electron chi connectivity index (χ2n) is 5.83. The van der Waals surface area contributed by atoms with Crippen molar-refractivity contribution in [2.45, 2.75) is 37.9 Å². The molecule has 0 aliphatic carbocycles. The van der Waals surface area contributed by atoms with Gasteiger partial charge in [-0.2, -0.15) is 11.8 Å². The first-order valence-corrected chi connectivity index (χ1v) is 8.15. The Labute approximate surface area is 118 Å². The Kier molecular flexibility index (Phi) is 3.83. The molecular weight excluding hydrogens is 258 g/mol. The van der Waals surface area contributed by atoms with E-state index in [0.29, 0.717) is 5.92 Å². The number of nitrogens with zero attached hydrogens (tertiary/aromatic N) is 1. The molecule has 104 valence electrons. The standard InChI is InChI=1S/C15H21NO2S/c1-11-6-13(9-16-8-11)14(17)12-2-4-18-15(7-12)3-5-19-10-15/h6,8-9,12,14,17H,2-5,7,10H2,1H3. The number of aliphatic hydroxyl groups excluding tert-OH is 1. The van der Waals surface area contributed by atoms with Crippen LogP contribution in [0.25, 0.3) is 0 Å².